The Morgan fingerprint density at radius 3 is 2.69 bits per heavy atom. The highest BCUT2D eigenvalue weighted by atomic mass is 32.2. The number of rotatable bonds is 7. The number of esters is 1. The first-order valence-corrected chi connectivity index (χ1v) is 8.82. The van der Waals surface area contributed by atoms with Crippen molar-refractivity contribution in [1.82, 2.24) is 0 Å². The molecule has 26 heavy (non-hydrogen) atoms. The van der Waals surface area contributed by atoms with Crippen molar-refractivity contribution in [3.8, 4) is 11.5 Å². The molecule has 2 aromatic rings. The summed E-state index contributed by atoms with van der Waals surface area (Å²) in [4.78, 5) is 24.4. The van der Waals surface area contributed by atoms with Crippen LogP contribution in [-0.4, -0.2) is 31.0 Å². The van der Waals surface area contributed by atoms with E-state index >= 15 is 0 Å². The lowest BCUT2D eigenvalue weighted by Gasteiger charge is -2.07. The average Bonchev–Trinajstić information content (AvgIpc) is 3.09. The lowest BCUT2D eigenvalue weighted by molar-refractivity contribution is -0.146. The summed E-state index contributed by atoms with van der Waals surface area (Å²) < 4.78 is 28.2. The van der Waals surface area contributed by atoms with E-state index < -0.39 is 11.9 Å². The summed E-state index contributed by atoms with van der Waals surface area (Å²) in [7, 11) is 0. The fourth-order valence-corrected chi connectivity index (χ4v) is 3.01. The van der Waals surface area contributed by atoms with Gasteiger partial charge in [0.15, 0.2) is 18.1 Å². The number of amides is 1. The summed E-state index contributed by atoms with van der Waals surface area (Å²) in [5.41, 5.74) is 0.530. The monoisotopic (exact) mass is 377 g/mol. The average molecular weight is 377 g/mol. The second kappa shape index (κ2) is 8.57. The number of anilines is 1. The highest BCUT2D eigenvalue weighted by Gasteiger charge is 2.14. The van der Waals surface area contributed by atoms with Crippen molar-refractivity contribution in [2.45, 2.75) is 11.3 Å². The van der Waals surface area contributed by atoms with Crippen LogP contribution in [0.1, 0.15) is 6.42 Å². The van der Waals surface area contributed by atoms with E-state index in [2.05, 4.69) is 5.32 Å². The number of thioether (sulfide) groups is 1. The largest absolute Gasteiger partial charge is 0.456 e. The number of ether oxygens (including phenoxy) is 3. The zero-order chi connectivity index (χ0) is 18.4. The topological polar surface area (TPSA) is 73.9 Å². The Hall–Kier alpha value is -2.74. The van der Waals surface area contributed by atoms with E-state index in [0.717, 1.165) is 4.90 Å². The second-order valence-corrected chi connectivity index (χ2v) is 6.50. The van der Waals surface area contributed by atoms with Gasteiger partial charge in [-0.3, -0.25) is 9.59 Å². The molecule has 0 unspecified atom stereocenters. The lowest BCUT2D eigenvalue weighted by atomic mass is 10.3. The van der Waals surface area contributed by atoms with Crippen LogP contribution in [-0.2, 0) is 14.3 Å². The highest BCUT2D eigenvalue weighted by Crippen LogP contribution is 2.34. The summed E-state index contributed by atoms with van der Waals surface area (Å²) in [5.74, 6) is 0.436. The lowest BCUT2D eigenvalue weighted by Crippen LogP contribution is -2.21. The predicted octanol–water partition coefficient (Wildman–Crippen LogP) is 3.22. The van der Waals surface area contributed by atoms with Gasteiger partial charge < -0.3 is 19.5 Å². The summed E-state index contributed by atoms with van der Waals surface area (Å²) in [6.45, 7) is -0.214. The Morgan fingerprint density at radius 1 is 1.12 bits per heavy atom. The minimum atomic E-state index is -0.472. The standard InChI is InChI=1S/C18H16FNO5S/c19-12-1-4-14(5-2-12)26-8-7-18(22)23-10-17(21)20-13-3-6-15-16(9-13)25-11-24-15/h1-6,9H,7-8,10-11H2,(H,20,21). The number of carbonyl (C=O) groups excluding carboxylic acids is 2. The number of benzene rings is 2. The van der Waals surface area contributed by atoms with Gasteiger partial charge in [0.2, 0.25) is 6.79 Å². The zero-order valence-corrected chi connectivity index (χ0v) is 14.5. The number of nitrogens with one attached hydrogen (secondary N) is 1. The number of hydrogen-bond acceptors (Lipinski definition) is 6. The highest BCUT2D eigenvalue weighted by molar-refractivity contribution is 7.99. The van der Waals surface area contributed by atoms with Gasteiger partial charge in [-0.1, -0.05) is 0 Å². The minimum Gasteiger partial charge on any atom is -0.456 e. The molecule has 0 saturated carbocycles. The van der Waals surface area contributed by atoms with E-state index in [4.69, 9.17) is 14.2 Å². The van der Waals surface area contributed by atoms with Gasteiger partial charge >= 0.3 is 5.97 Å². The molecule has 1 N–H and O–H groups in total. The smallest absolute Gasteiger partial charge is 0.307 e. The third kappa shape index (κ3) is 5.13. The third-order valence-electron chi connectivity index (χ3n) is 3.41. The Balaban J connectivity index is 1.36. The fourth-order valence-electron chi connectivity index (χ4n) is 2.17. The number of halogens is 1. The molecule has 0 aliphatic carbocycles. The molecule has 1 heterocycles. The van der Waals surface area contributed by atoms with Gasteiger partial charge in [-0.15, -0.1) is 11.8 Å². The molecule has 6 nitrogen and oxygen atoms in total. The van der Waals surface area contributed by atoms with Crippen molar-refractivity contribution in [2.24, 2.45) is 0 Å². The van der Waals surface area contributed by atoms with E-state index in [1.165, 1.54) is 23.9 Å². The van der Waals surface area contributed by atoms with Crippen LogP contribution in [0, 0.1) is 5.82 Å². The van der Waals surface area contributed by atoms with Crippen molar-refractivity contribution < 1.29 is 28.2 Å². The molecule has 0 spiro atoms. The Labute approximate surface area is 153 Å². The van der Waals surface area contributed by atoms with Gasteiger partial charge in [0.25, 0.3) is 5.91 Å². The Kier molecular flexibility index (Phi) is 5.96. The van der Waals surface area contributed by atoms with Crippen molar-refractivity contribution in [2.75, 3.05) is 24.5 Å². The fraction of sp³-hybridized carbons (Fsp3) is 0.222. The molecular formula is C18H16FNO5S. The van der Waals surface area contributed by atoms with Gasteiger partial charge in [0.1, 0.15) is 5.82 Å². The minimum absolute atomic E-state index is 0.152. The summed E-state index contributed by atoms with van der Waals surface area (Å²) in [6, 6.07) is 11.0. The maximum absolute atomic E-state index is 12.8. The number of fused-ring (bicyclic) bond motifs is 1. The molecule has 2 aromatic carbocycles. The van der Waals surface area contributed by atoms with Gasteiger partial charge in [0.05, 0.1) is 6.42 Å². The quantitative estimate of drug-likeness (QED) is 0.590. The van der Waals surface area contributed by atoms with Crippen LogP contribution in [0.15, 0.2) is 47.4 Å². The maximum atomic E-state index is 12.8. The van der Waals surface area contributed by atoms with Crippen LogP contribution in [0.5, 0.6) is 11.5 Å². The molecule has 0 fully saturated rings. The van der Waals surface area contributed by atoms with Crippen molar-refractivity contribution in [1.29, 1.82) is 0 Å². The van der Waals surface area contributed by atoms with Crippen LogP contribution in [0.3, 0.4) is 0 Å². The van der Waals surface area contributed by atoms with Crippen LogP contribution in [0.4, 0.5) is 10.1 Å². The molecule has 3 rings (SSSR count). The van der Waals surface area contributed by atoms with Crippen molar-refractivity contribution in [3.63, 3.8) is 0 Å². The van der Waals surface area contributed by atoms with Gasteiger partial charge in [-0.25, -0.2) is 4.39 Å². The Morgan fingerprint density at radius 2 is 1.88 bits per heavy atom. The Bertz CT molecular complexity index is 797. The SMILES string of the molecule is O=C(COC(=O)CCSc1ccc(F)cc1)Nc1ccc2c(c1)OCO2. The molecule has 136 valence electrons. The molecule has 0 atom stereocenters. The van der Waals surface area contributed by atoms with E-state index in [9.17, 15) is 14.0 Å². The van der Waals surface area contributed by atoms with Crippen LogP contribution in [0.2, 0.25) is 0 Å². The summed E-state index contributed by atoms with van der Waals surface area (Å²) in [5, 5.41) is 2.62. The van der Waals surface area contributed by atoms with Crippen LogP contribution in [0.25, 0.3) is 0 Å². The number of carbonyl (C=O) groups is 2. The molecule has 1 aliphatic heterocycles. The normalized spacial score (nSPS) is 11.9. The first-order chi connectivity index (χ1) is 12.6. The van der Waals surface area contributed by atoms with Gasteiger partial charge in [0, 0.05) is 22.4 Å². The molecular weight excluding hydrogens is 361 g/mol. The van der Waals surface area contributed by atoms with E-state index in [-0.39, 0.29) is 25.6 Å². The third-order valence-corrected chi connectivity index (χ3v) is 4.42. The molecule has 0 radical (unpaired) electrons. The first-order valence-electron chi connectivity index (χ1n) is 7.83. The number of hydrogen-bond donors (Lipinski definition) is 1. The van der Waals surface area contributed by atoms with Crippen molar-refractivity contribution in [3.05, 3.63) is 48.3 Å². The molecule has 8 heteroatoms. The molecule has 1 amide bonds. The van der Waals surface area contributed by atoms with Gasteiger partial charge in [-0.05, 0) is 36.4 Å². The summed E-state index contributed by atoms with van der Waals surface area (Å²) in [6.07, 6.45) is 0.152. The van der Waals surface area contributed by atoms with Crippen LogP contribution >= 0.6 is 11.8 Å². The van der Waals surface area contributed by atoms with Crippen molar-refractivity contribution >= 4 is 29.3 Å². The molecule has 0 saturated heterocycles. The molecule has 1 aliphatic rings. The molecule has 0 aromatic heterocycles. The van der Waals surface area contributed by atoms with E-state index in [1.54, 1.807) is 30.3 Å². The van der Waals surface area contributed by atoms with E-state index in [0.29, 0.717) is 22.9 Å². The predicted molar refractivity (Wildman–Crippen MR) is 93.9 cm³/mol. The second-order valence-electron chi connectivity index (χ2n) is 5.33. The van der Waals surface area contributed by atoms with Crippen LogP contribution < -0.4 is 14.8 Å². The van der Waals surface area contributed by atoms with Gasteiger partial charge in [-0.2, -0.15) is 0 Å². The first kappa shape index (κ1) is 18.1. The van der Waals surface area contributed by atoms with E-state index in [1.807, 2.05) is 0 Å². The molecule has 0 bridgehead atoms. The zero-order valence-electron chi connectivity index (χ0n) is 13.7. The maximum Gasteiger partial charge on any atom is 0.307 e. The summed E-state index contributed by atoms with van der Waals surface area (Å²) >= 11 is 1.41.